The van der Waals surface area contributed by atoms with Crippen molar-refractivity contribution in [3.8, 4) is 0 Å². The standard InChI is InChI=1S/C11H26OSi/c1-4-13(5-2,6-3)11-9-7-8-10-12/h12H,4-11H2,1-3H3. The molecule has 0 aromatic rings. The molecule has 0 bridgehead atoms. The van der Waals surface area contributed by atoms with Crippen LogP contribution in [0.5, 0.6) is 0 Å². The van der Waals surface area contributed by atoms with E-state index >= 15 is 0 Å². The predicted octanol–water partition coefficient (Wildman–Crippen LogP) is 3.66. The normalized spacial score (nSPS) is 12.0. The molecule has 13 heavy (non-hydrogen) atoms. The van der Waals surface area contributed by atoms with Crippen molar-refractivity contribution >= 4 is 8.07 Å². The third kappa shape index (κ3) is 4.82. The highest BCUT2D eigenvalue weighted by Crippen LogP contribution is 2.27. The van der Waals surface area contributed by atoms with Gasteiger partial charge >= 0.3 is 0 Å². The van der Waals surface area contributed by atoms with Crippen LogP contribution in [0, 0.1) is 0 Å². The fraction of sp³-hybridized carbons (Fsp3) is 1.00. The number of aliphatic hydroxyl groups excluding tert-OH is 1. The number of hydrogen-bond acceptors (Lipinski definition) is 1. The van der Waals surface area contributed by atoms with E-state index in [0.717, 1.165) is 6.42 Å². The lowest BCUT2D eigenvalue weighted by molar-refractivity contribution is 0.284. The molecule has 0 fully saturated rings. The summed E-state index contributed by atoms with van der Waals surface area (Å²) >= 11 is 0. The maximum atomic E-state index is 8.68. The van der Waals surface area contributed by atoms with Crippen molar-refractivity contribution in [1.82, 2.24) is 0 Å². The van der Waals surface area contributed by atoms with Crippen molar-refractivity contribution in [2.75, 3.05) is 6.61 Å². The molecule has 80 valence electrons. The highest BCUT2D eigenvalue weighted by Gasteiger charge is 2.25. The van der Waals surface area contributed by atoms with Crippen LogP contribution in [-0.4, -0.2) is 19.8 Å². The van der Waals surface area contributed by atoms with E-state index in [-0.39, 0.29) is 0 Å². The second-order valence-corrected chi connectivity index (χ2v) is 9.72. The molecule has 0 rings (SSSR count). The average Bonchev–Trinajstić information content (AvgIpc) is 2.20. The number of hydrogen-bond donors (Lipinski definition) is 1. The Labute approximate surface area is 84.6 Å². The van der Waals surface area contributed by atoms with E-state index in [9.17, 15) is 0 Å². The monoisotopic (exact) mass is 202 g/mol. The summed E-state index contributed by atoms with van der Waals surface area (Å²) in [6.07, 6.45) is 3.58. The molecule has 0 amide bonds. The summed E-state index contributed by atoms with van der Waals surface area (Å²) in [6.45, 7) is 7.47. The molecule has 0 atom stereocenters. The minimum Gasteiger partial charge on any atom is -0.396 e. The van der Waals surface area contributed by atoms with Gasteiger partial charge in [-0.15, -0.1) is 0 Å². The zero-order valence-corrected chi connectivity index (χ0v) is 10.6. The molecule has 0 radical (unpaired) electrons. The largest absolute Gasteiger partial charge is 0.396 e. The molecule has 1 nitrogen and oxygen atoms in total. The Bertz CT molecular complexity index is 102. The zero-order chi connectivity index (χ0) is 10.2. The van der Waals surface area contributed by atoms with Crippen LogP contribution >= 0.6 is 0 Å². The average molecular weight is 202 g/mol. The predicted molar refractivity (Wildman–Crippen MR) is 62.9 cm³/mol. The first-order valence-corrected chi connectivity index (χ1v) is 8.68. The van der Waals surface area contributed by atoms with E-state index in [0.29, 0.717) is 6.61 Å². The second kappa shape index (κ2) is 7.57. The molecule has 0 saturated heterocycles. The van der Waals surface area contributed by atoms with E-state index in [1.165, 1.54) is 37.0 Å². The molecule has 0 heterocycles. The van der Waals surface area contributed by atoms with Gasteiger partial charge in [0.2, 0.25) is 0 Å². The van der Waals surface area contributed by atoms with E-state index in [1.807, 2.05) is 0 Å². The number of unbranched alkanes of at least 4 members (excludes halogenated alkanes) is 2. The van der Waals surface area contributed by atoms with E-state index in [2.05, 4.69) is 20.8 Å². The van der Waals surface area contributed by atoms with Crippen molar-refractivity contribution in [3.63, 3.8) is 0 Å². The summed E-state index contributed by atoms with van der Waals surface area (Å²) in [7, 11) is -0.849. The molecule has 0 aliphatic rings. The molecule has 1 N–H and O–H groups in total. The SMILES string of the molecule is CC[Si](CC)(CC)CCCCCO. The lowest BCUT2D eigenvalue weighted by atomic mass is 10.3. The third-order valence-electron chi connectivity index (χ3n) is 3.62. The van der Waals surface area contributed by atoms with Crippen LogP contribution in [-0.2, 0) is 0 Å². The second-order valence-electron chi connectivity index (χ2n) is 4.09. The van der Waals surface area contributed by atoms with Gasteiger partial charge in [0.25, 0.3) is 0 Å². The first-order chi connectivity index (χ1) is 6.24. The summed E-state index contributed by atoms with van der Waals surface area (Å²) < 4.78 is 0. The Morgan fingerprint density at radius 3 is 1.77 bits per heavy atom. The van der Waals surface area contributed by atoms with Gasteiger partial charge in [-0.05, 0) is 6.42 Å². The Hall–Kier alpha value is 0.177. The molecule has 0 aliphatic heterocycles. The number of rotatable bonds is 8. The summed E-state index contributed by atoms with van der Waals surface area (Å²) in [5.74, 6) is 0. The fourth-order valence-corrected chi connectivity index (χ4v) is 5.63. The van der Waals surface area contributed by atoms with E-state index in [4.69, 9.17) is 5.11 Å². The fourth-order valence-electron chi connectivity index (χ4n) is 2.07. The molecule has 0 saturated carbocycles. The Morgan fingerprint density at radius 2 is 1.38 bits per heavy atom. The number of aliphatic hydroxyl groups is 1. The van der Waals surface area contributed by atoms with Crippen molar-refractivity contribution in [1.29, 1.82) is 0 Å². The van der Waals surface area contributed by atoms with E-state index in [1.54, 1.807) is 0 Å². The topological polar surface area (TPSA) is 20.2 Å². The van der Waals surface area contributed by atoms with E-state index < -0.39 is 8.07 Å². The van der Waals surface area contributed by atoms with Crippen LogP contribution in [0.2, 0.25) is 24.2 Å². The van der Waals surface area contributed by atoms with Crippen molar-refractivity contribution in [3.05, 3.63) is 0 Å². The first-order valence-electron chi connectivity index (χ1n) is 5.85. The van der Waals surface area contributed by atoms with Gasteiger partial charge in [0.15, 0.2) is 0 Å². The van der Waals surface area contributed by atoms with Crippen molar-refractivity contribution in [2.45, 2.75) is 64.2 Å². The summed E-state index contributed by atoms with van der Waals surface area (Å²) in [5, 5.41) is 8.68. The molecular weight excluding hydrogens is 176 g/mol. The van der Waals surface area contributed by atoms with Crippen LogP contribution < -0.4 is 0 Å². The van der Waals surface area contributed by atoms with Gasteiger partial charge in [-0.3, -0.25) is 0 Å². The van der Waals surface area contributed by atoms with Gasteiger partial charge < -0.3 is 5.11 Å². The first kappa shape index (κ1) is 13.2. The Morgan fingerprint density at radius 1 is 0.846 bits per heavy atom. The van der Waals surface area contributed by atoms with Gasteiger partial charge in [0.1, 0.15) is 0 Å². The smallest absolute Gasteiger partial charge is 0.0527 e. The summed E-state index contributed by atoms with van der Waals surface area (Å²) in [5.41, 5.74) is 0. The van der Waals surface area contributed by atoms with Crippen LogP contribution in [0.15, 0.2) is 0 Å². The molecule has 0 aromatic carbocycles. The molecule has 0 unspecified atom stereocenters. The third-order valence-corrected chi connectivity index (χ3v) is 9.53. The van der Waals surface area contributed by atoms with Gasteiger partial charge in [0, 0.05) is 6.61 Å². The van der Waals surface area contributed by atoms with Gasteiger partial charge in [-0.25, -0.2) is 0 Å². The quantitative estimate of drug-likeness (QED) is 0.470. The van der Waals surface area contributed by atoms with Crippen LogP contribution in [0.1, 0.15) is 40.0 Å². The zero-order valence-electron chi connectivity index (χ0n) is 9.60. The Kier molecular flexibility index (Phi) is 7.67. The maximum absolute atomic E-state index is 8.68. The highest BCUT2D eigenvalue weighted by atomic mass is 28.3. The van der Waals surface area contributed by atoms with Gasteiger partial charge in [0.05, 0.1) is 8.07 Å². The molecular formula is C11H26OSi. The minimum absolute atomic E-state index is 0.374. The van der Waals surface area contributed by atoms with Crippen LogP contribution in [0.4, 0.5) is 0 Å². The van der Waals surface area contributed by atoms with Crippen LogP contribution in [0.25, 0.3) is 0 Å². The molecule has 0 spiro atoms. The van der Waals surface area contributed by atoms with Crippen LogP contribution in [0.3, 0.4) is 0 Å². The Balaban J connectivity index is 3.68. The van der Waals surface area contributed by atoms with Gasteiger partial charge in [-0.2, -0.15) is 0 Å². The summed E-state index contributed by atoms with van der Waals surface area (Å²) in [4.78, 5) is 0. The lowest BCUT2D eigenvalue weighted by Gasteiger charge is -2.27. The van der Waals surface area contributed by atoms with Crippen molar-refractivity contribution in [2.24, 2.45) is 0 Å². The minimum atomic E-state index is -0.849. The maximum Gasteiger partial charge on any atom is 0.0527 e. The molecule has 2 heteroatoms. The lowest BCUT2D eigenvalue weighted by Crippen LogP contribution is -2.30. The molecule has 0 aromatic heterocycles. The summed E-state index contributed by atoms with van der Waals surface area (Å²) in [6, 6.07) is 5.81. The van der Waals surface area contributed by atoms with Gasteiger partial charge in [-0.1, -0.05) is 57.8 Å². The van der Waals surface area contributed by atoms with Crippen molar-refractivity contribution < 1.29 is 5.11 Å². The molecule has 0 aliphatic carbocycles. The highest BCUT2D eigenvalue weighted by molar-refractivity contribution is 6.79.